The topological polar surface area (TPSA) is 46.4 Å². The molecule has 4 heteroatoms. The molecule has 1 aromatic heterocycles. The lowest BCUT2D eigenvalue weighted by Gasteiger charge is -1.99. The van der Waals surface area contributed by atoms with Crippen molar-refractivity contribution in [3.05, 3.63) is 71.9 Å². The van der Waals surface area contributed by atoms with Crippen molar-refractivity contribution in [3.8, 4) is 0 Å². The number of amides is 1. The maximum absolute atomic E-state index is 11.8. The molecule has 0 aliphatic carbocycles. The summed E-state index contributed by atoms with van der Waals surface area (Å²) in [5, 5.41) is 5.18. The molecule has 0 saturated heterocycles. The van der Waals surface area contributed by atoms with Gasteiger partial charge in [0, 0.05) is 29.7 Å². The van der Waals surface area contributed by atoms with Crippen molar-refractivity contribution in [2.75, 3.05) is 0 Å². The fraction of sp³-hybridized carbons (Fsp3) is 0.111. The van der Waals surface area contributed by atoms with Crippen LogP contribution in [0.5, 0.6) is 0 Å². The molecule has 0 aliphatic heterocycles. The van der Waals surface area contributed by atoms with Crippen LogP contribution in [0.15, 0.2) is 65.9 Å². The Bertz CT molecular complexity index is 819. The first-order valence-corrected chi connectivity index (χ1v) is 7.14. The number of benzene rings is 2. The van der Waals surface area contributed by atoms with Crippen molar-refractivity contribution in [2.24, 2.45) is 12.1 Å². The van der Waals surface area contributed by atoms with Crippen molar-refractivity contribution in [1.29, 1.82) is 0 Å². The minimum Gasteiger partial charge on any atom is -0.350 e. The molecule has 1 amide bonds. The first-order valence-electron chi connectivity index (χ1n) is 7.14. The standard InChI is InChI=1S/C18H17N3O/c1-21-13-15(16-9-5-6-10-17(16)21)12-19-20-18(22)11-14-7-3-2-4-8-14/h2-10,12-13H,11H2,1H3,(H,20,22)/b19-12-. The highest BCUT2D eigenvalue weighted by Gasteiger charge is 2.04. The quantitative estimate of drug-likeness (QED) is 0.583. The van der Waals surface area contributed by atoms with Crippen molar-refractivity contribution in [1.82, 2.24) is 9.99 Å². The van der Waals surface area contributed by atoms with Crippen LogP contribution in [-0.4, -0.2) is 16.7 Å². The SMILES string of the molecule is Cn1cc(/C=N\NC(=O)Cc2ccccc2)c2ccccc21. The Balaban J connectivity index is 1.67. The number of hydrogen-bond acceptors (Lipinski definition) is 2. The van der Waals surface area contributed by atoms with Gasteiger partial charge in [0.1, 0.15) is 0 Å². The Morgan fingerprint density at radius 1 is 1.14 bits per heavy atom. The van der Waals surface area contributed by atoms with Gasteiger partial charge in [0.2, 0.25) is 5.91 Å². The number of hydrazone groups is 1. The lowest BCUT2D eigenvalue weighted by Crippen LogP contribution is -2.19. The summed E-state index contributed by atoms with van der Waals surface area (Å²) in [5.74, 6) is -0.123. The molecule has 3 aromatic rings. The number of carbonyl (C=O) groups is 1. The van der Waals surface area contributed by atoms with E-state index >= 15 is 0 Å². The minimum atomic E-state index is -0.123. The molecule has 0 bridgehead atoms. The van der Waals surface area contributed by atoms with Crippen molar-refractivity contribution in [3.63, 3.8) is 0 Å². The zero-order chi connectivity index (χ0) is 15.4. The van der Waals surface area contributed by atoms with E-state index in [1.807, 2.05) is 66.3 Å². The number of aryl methyl sites for hydroxylation is 1. The molecule has 0 saturated carbocycles. The van der Waals surface area contributed by atoms with Gasteiger partial charge in [0.25, 0.3) is 0 Å². The smallest absolute Gasteiger partial charge is 0.244 e. The number of aromatic nitrogens is 1. The van der Waals surface area contributed by atoms with Gasteiger partial charge in [-0.3, -0.25) is 4.79 Å². The average Bonchev–Trinajstić information content (AvgIpc) is 2.85. The van der Waals surface area contributed by atoms with Crippen LogP contribution in [0, 0.1) is 0 Å². The van der Waals surface area contributed by atoms with E-state index in [0.717, 1.165) is 22.0 Å². The fourth-order valence-electron chi connectivity index (χ4n) is 2.47. The maximum Gasteiger partial charge on any atom is 0.244 e. The third-order valence-corrected chi connectivity index (χ3v) is 3.53. The minimum absolute atomic E-state index is 0.123. The third kappa shape index (κ3) is 3.06. The van der Waals surface area contributed by atoms with Crippen LogP contribution in [0.4, 0.5) is 0 Å². The monoisotopic (exact) mass is 291 g/mol. The van der Waals surface area contributed by atoms with Gasteiger partial charge in [0.15, 0.2) is 0 Å². The molecule has 1 N–H and O–H groups in total. The molecule has 3 rings (SSSR count). The van der Waals surface area contributed by atoms with E-state index in [4.69, 9.17) is 0 Å². The summed E-state index contributed by atoms with van der Waals surface area (Å²) in [5.41, 5.74) is 5.67. The average molecular weight is 291 g/mol. The van der Waals surface area contributed by atoms with Gasteiger partial charge in [0.05, 0.1) is 12.6 Å². The second kappa shape index (κ2) is 6.26. The van der Waals surface area contributed by atoms with Crippen LogP contribution in [0.2, 0.25) is 0 Å². The number of nitrogens with one attached hydrogen (secondary N) is 1. The first-order chi connectivity index (χ1) is 10.7. The highest BCUT2D eigenvalue weighted by molar-refractivity contribution is 5.99. The lowest BCUT2D eigenvalue weighted by molar-refractivity contribution is -0.120. The van der Waals surface area contributed by atoms with Crippen molar-refractivity contribution in [2.45, 2.75) is 6.42 Å². The Kier molecular flexibility index (Phi) is 4.01. The van der Waals surface area contributed by atoms with Crippen LogP contribution in [0.25, 0.3) is 10.9 Å². The summed E-state index contributed by atoms with van der Waals surface area (Å²) in [6.45, 7) is 0. The third-order valence-electron chi connectivity index (χ3n) is 3.53. The number of nitrogens with zero attached hydrogens (tertiary/aromatic N) is 2. The molecule has 4 nitrogen and oxygen atoms in total. The van der Waals surface area contributed by atoms with Crippen LogP contribution >= 0.6 is 0 Å². The zero-order valence-electron chi connectivity index (χ0n) is 12.4. The zero-order valence-corrected chi connectivity index (χ0v) is 12.4. The predicted molar refractivity (Wildman–Crippen MR) is 88.8 cm³/mol. The van der Waals surface area contributed by atoms with Gasteiger partial charge < -0.3 is 4.57 Å². The normalized spacial score (nSPS) is 11.1. The molecule has 1 heterocycles. The van der Waals surface area contributed by atoms with E-state index in [-0.39, 0.29) is 5.91 Å². The number of hydrogen-bond donors (Lipinski definition) is 1. The van der Waals surface area contributed by atoms with Gasteiger partial charge in [-0.05, 0) is 11.6 Å². The fourth-order valence-corrected chi connectivity index (χ4v) is 2.47. The lowest BCUT2D eigenvalue weighted by atomic mass is 10.1. The molecular formula is C18H17N3O. The Morgan fingerprint density at radius 3 is 2.68 bits per heavy atom. The van der Waals surface area contributed by atoms with E-state index in [1.54, 1.807) is 6.21 Å². The second-order valence-electron chi connectivity index (χ2n) is 5.17. The molecule has 0 aliphatic rings. The highest BCUT2D eigenvalue weighted by atomic mass is 16.2. The summed E-state index contributed by atoms with van der Waals surface area (Å²) in [7, 11) is 1.99. The summed E-state index contributed by atoms with van der Waals surface area (Å²) in [6.07, 6.45) is 4.01. The molecule has 0 unspecified atom stereocenters. The maximum atomic E-state index is 11.8. The van der Waals surface area contributed by atoms with E-state index in [0.29, 0.717) is 6.42 Å². The Morgan fingerprint density at radius 2 is 1.86 bits per heavy atom. The van der Waals surface area contributed by atoms with Gasteiger partial charge in [-0.25, -0.2) is 5.43 Å². The molecule has 0 spiro atoms. The molecule has 22 heavy (non-hydrogen) atoms. The van der Waals surface area contributed by atoms with Crippen molar-refractivity contribution < 1.29 is 4.79 Å². The number of fused-ring (bicyclic) bond motifs is 1. The van der Waals surface area contributed by atoms with Crippen LogP contribution < -0.4 is 5.43 Å². The van der Waals surface area contributed by atoms with Crippen LogP contribution in [0.3, 0.4) is 0 Å². The largest absolute Gasteiger partial charge is 0.350 e. The van der Waals surface area contributed by atoms with Crippen molar-refractivity contribution >= 4 is 23.0 Å². The summed E-state index contributed by atoms with van der Waals surface area (Å²) in [4.78, 5) is 11.8. The molecule has 0 atom stereocenters. The van der Waals surface area contributed by atoms with E-state index in [1.165, 1.54) is 0 Å². The van der Waals surface area contributed by atoms with Gasteiger partial charge >= 0.3 is 0 Å². The van der Waals surface area contributed by atoms with Gasteiger partial charge in [-0.15, -0.1) is 0 Å². The van der Waals surface area contributed by atoms with E-state index < -0.39 is 0 Å². The number of para-hydroxylation sites is 1. The first kappa shape index (κ1) is 14.1. The summed E-state index contributed by atoms with van der Waals surface area (Å²) < 4.78 is 2.04. The molecule has 2 aromatic carbocycles. The Hall–Kier alpha value is -2.88. The second-order valence-corrected chi connectivity index (χ2v) is 5.17. The Labute approximate surface area is 129 Å². The summed E-state index contributed by atoms with van der Waals surface area (Å²) >= 11 is 0. The van der Waals surface area contributed by atoms with E-state index in [2.05, 4.69) is 16.6 Å². The van der Waals surface area contributed by atoms with E-state index in [9.17, 15) is 4.79 Å². The molecule has 0 radical (unpaired) electrons. The number of rotatable bonds is 4. The van der Waals surface area contributed by atoms with Crippen LogP contribution in [0.1, 0.15) is 11.1 Å². The van der Waals surface area contributed by atoms with Gasteiger partial charge in [-0.1, -0.05) is 48.5 Å². The predicted octanol–water partition coefficient (Wildman–Crippen LogP) is 2.87. The molecule has 110 valence electrons. The molecular weight excluding hydrogens is 274 g/mol. The number of carbonyl (C=O) groups excluding carboxylic acids is 1. The highest BCUT2D eigenvalue weighted by Crippen LogP contribution is 2.18. The van der Waals surface area contributed by atoms with Gasteiger partial charge in [-0.2, -0.15) is 5.10 Å². The summed E-state index contributed by atoms with van der Waals surface area (Å²) in [6, 6.07) is 17.7. The molecule has 0 fully saturated rings. The van der Waals surface area contributed by atoms with Crippen LogP contribution in [-0.2, 0) is 18.3 Å².